The van der Waals surface area contributed by atoms with Gasteiger partial charge in [0.05, 0.1) is 17.0 Å². The maximum absolute atomic E-state index is 14.6. The number of aromatic amines is 1. The normalized spacial score (nSPS) is 12.9. The molecule has 31 heavy (non-hydrogen) atoms. The molecule has 2 aromatic carbocycles. The van der Waals surface area contributed by atoms with Crippen LogP contribution < -0.4 is 0 Å². The van der Waals surface area contributed by atoms with E-state index in [4.69, 9.17) is 0 Å². The minimum Gasteiger partial charge on any atom is -0.334 e. The predicted octanol–water partition coefficient (Wildman–Crippen LogP) is 5.46. The SMILES string of the molecule is CS(=O)(=O)c1cc(F)c(-c2nc(C(F)(F)F)[nH]c2-c2ccc(C(F)(F)F)cc2)cc1F. The molecule has 0 atom stereocenters. The lowest BCUT2D eigenvalue weighted by Gasteiger charge is -2.09. The van der Waals surface area contributed by atoms with Crippen LogP contribution in [-0.4, -0.2) is 24.6 Å². The van der Waals surface area contributed by atoms with Gasteiger partial charge in [0, 0.05) is 17.4 Å². The molecule has 166 valence electrons. The average Bonchev–Trinajstić information content (AvgIpc) is 3.07. The second-order valence-corrected chi connectivity index (χ2v) is 8.40. The third-order valence-corrected chi connectivity index (χ3v) is 5.26. The Morgan fingerprint density at radius 3 is 1.94 bits per heavy atom. The third-order valence-electron chi connectivity index (χ3n) is 4.15. The minimum absolute atomic E-state index is 0.224. The number of nitrogens with one attached hydrogen (secondary N) is 1. The van der Waals surface area contributed by atoms with Gasteiger partial charge in [-0.1, -0.05) is 12.1 Å². The van der Waals surface area contributed by atoms with Gasteiger partial charge in [-0.15, -0.1) is 0 Å². The van der Waals surface area contributed by atoms with E-state index < -0.39 is 67.1 Å². The monoisotopic (exact) mass is 470 g/mol. The fourth-order valence-corrected chi connectivity index (χ4v) is 3.46. The Morgan fingerprint density at radius 2 is 1.45 bits per heavy atom. The summed E-state index contributed by atoms with van der Waals surface area (Å²) in [4.78, 5) is 4.08. The zero-order chi connectivity index (χ0) is 23.4. The van der Waals surface area contributed by atoms with Crippen molar-refractivity contribution in [3.05, 3.63) is 59.4 Å². The van der Waals surface area contributed by atoms with E-state index in [0.29, 0.717) is 30.5 Å². The largest absolute Gasteiger partial charge is 0.449 e. The molecule has 3 rings (SSSR count). The van der Waals surface area contributed by atoms with Crippen molar-refractivity contribution in [3.8, 4) is 22.5 Å². The smallest absolute Gasteiger partial charge is 0.334 e. The van der Waals surface area contributed by atoms with Crippen molar-refractivity contribution in [3.63, 3.8) is 0 Å². The van der Waals surface area contributed by atoms with Crippen LogP contribution in [0.5, 0.6) is 0 Å². The topological polar surface area (TPSA) is 62.8 Å². The van der Waals surface area contributed by atoms with E-state index in [1.165, 1.54) is 0 Å². The fourth-order valence-electron chi connectivity index (χ4n) is 2.73. The zero-order valence-corrected chi connectivity index (χ0v) is 16.0. The molecule has 4 nitrogen and oxygen atoms in total. The number of aromatic nitrogens is 2. The molecule has 0 spiro atoms. The van der Waals surface area contributed by atoms with Gasteiger partial charge >= 0.3 is 12.4 Å². The number of sulfone groups is 1. The maximum Gasteiger partial charge on any atom is 0.449 e. The first kappa shape index (κ1) is 22.7. The summed E-state index contributed by atoms with van der Waals surface area (Å²) in [6, 6.07) is 3.50. The van der Waals surface area contributed by atoms with Crippen LogP contribution in [0.15, 0.2) is 41.3 Å². The Labute approximate surface area is 169 Å². The summed E-state index contributed by atoms with van der Waals surface area (Å²) >= 11 is 0. The second kappa shape index (κ2) is 7.32. The molecule has 0 fully saturated rings. The molecular formula is C18H10F8N2O2S. The number of nitrogens with zero attached hydrogens (tertiary/aromatic N) is 1. The highest BCUT2D eigenvalue weighted by atomic mass is 32.2. The molecule has 1 aromatic heterocycles. The van der Waals surface area contributed by atoms with E-state index in [-0.39, 0.29) is 5.56 Å². The lowest BCUT2D eigenvalue weighted by Crippen LogP contribution is -2.07. The van der Waals surface area contributed by atoms with Gasteiger partial charge in [-0.05, 0) is 24.3 Å². The maximum atomic E-state index is 14.6. The Kier molecular flexibility index (Phi) is 5.37. The first-order valence-electron chi connectivity index (χ1n) is 8.13. The summed E-state index contributed by atoms with van der Waals surface area (Å²) < 4.78 is 130. The second-order valence-electron chi connectivity index (χ2n) is 6.42. The van der Waals surface area contributed by atoms with Crippen LogP contribution in [0.2, 0.25) is 0 Å². The van der Waals surface area contributed by atoms with Gasteiger partial charge in [0.1, 0.15) is 16.5 Å². The molecule has 0 unspecified atom stereocenters. The van der Waals surface area contributed by atoms with Gasteiger partial charge in [-0.3, -0.25) is 0 Å². The highest BCUT2D eigenvalue weighted by Gasteiger charge is 2.37. The van der Waals surface area contributed by atoms with Crippen LogP contribution in [-0.2, 0) is 22.2 Å². The van der Waals surface area contributed by atoms with E-state index >= 15 is 0 Å². The van der Waals surface area contributed by atoms with E-state index in [2.05, 4.69) is 4.98 Å². The van der Waals surface area contributed by atoms with E-state index in [0.717, 1.165) is 12.1 Å². The Bertz CT molecular complexity index is 1240. The van der Waals surface area contributed by atoms with Crippen molar-refractivity contribution in [1.29, 1.82) is 0 Å². The summed E-state index contributed by atoms with van der Waals surface area (Å²) in [5, 5.41) is 0. The lowest BCUT2D eigenvalue weighted by molar-refractivity contribution is -0.144. The highest BCUT2D eigenvalue weighted by molar-refractivity contribution is 7.90. The van der Waals surface area contributed by atoms with Gasteiger partial charge < -0.3 is 4.98 Å². The summed E-state index contributed by atoms with van der Waals surface area (Å²) in [5.74, 6) is -4.44. The number of rotatable bonds is 3. The lowest BCUT2D eigenvalue weighted by atomic mass is 10.0. The van der Waals surface area contributed by atoms with Crippen molar-refractivity contribution in [2.75, 3.05) is 6.26 Å². The molecular weight excluding hydrogens is 460 g/mol. The number of hydrogen-bond acceptors (Lipinski definition) is 3. The minimum atomic E-state index is -5.04. The molecule has 0 aliphatic rings. The van der Waals surface area contributed by atoms with Gasteiger partial charge in [-0.2, -0.15) is 26.3 Å². The van der Waals surface area contributed by atoms with Crippen LogP contribution >= 0.6 is 0 Å². The van der Waals surface area contributed by atoms with E-state index in [1.54, 1.807) is 0 Å². The number of benzene rings is 2. The van der Waals surface area contributed by atoms with E-state index in [1.807, 2.05) is 4.98 Å². The first-order chi connectivity index (χ1) is 14.1. The summed E-state index contributed by atoms with van der Waals surface area (Å²) in [6.45, 7) is 0. The molecule has 0 bridgehead atoms. The Balaban J connectivity index is 2.24. The van der Waals surface area contributed by atoms with Gasteiger partial charge in [-0.25, -0.2) is 22.2 Å². The fraction of sp³-hybridized carbons (Fsp3) is 0.167. The van der Waals surface area contributed by atoms with Gasteiger partial charge in [0.2, 0.25) is 5.82 Å². The van der Waals surface area contributed by atoms with Crippen LogP contribution in [0, 0.1) is 11.6 Å². The molecule has 0 saturated heterocycles. The van der Waals surface area contributed by atoms with Gasteiger partial charge in [0.15, 0.2) is 9.84 Å². The quantitative estimate of drug-likeness (QED) is 0.517. The van der Waals surface area contributed by atoms with Crippen molar-refractivity contribution in [1.82, 2.24) is 9.97 Å². The molecule has 0 aliphatic carbocycles. The van der Waals surface area contributed by atoms with Crippen LogP contribution in [0.1, 0.15) is 11.4 Å². The molecule has 0 radical (unpaired) electrons. The molecule has 1 heterocycles. The third kappa shape index (κ3) is 4.55. The number of H-pyrrole nitrogens is 1. The molecule has 0 amide bonds. The number of imidazole rings is 1. The van der Waals surface area contributed by atoms with Crippen LogP contribution in [0.3, 0.4) is 0 Å². The Morgan fingerprint density at radius 1 is 0.871 bits per heavy atom. The summed E-state index contributed by atoms with van der Waals surface area (Å²) in [6.07, 6.45) is -9.14. The number of alkyl halides is 6. The highest BCUT2D eigenvalue weighted by Crippen LogP contribution is 2.38. The van der Waals surface area contributed by atoms with Crippen LogP contribution in [0.4, 0.5) is 35.1 Å². The van der Waals surface area contributed by atoms with E-state index in [9.17, 15) is 43.5 Å². The number of halogens is 8. The summed E-state index contributed by atoms with van der Waals surface area (Å²) in [7, 11) is -4.18. The van der Waals surface area contributed by atoms with Crippen molar-refractivity contribution < 1.29 is 43.5 Å². The van der Waals surface area contributed by atoms with Gasteiger partial charge in [0.25, 0.3) is 0 Å². The summed E-state index contributed by atoms with van der Waals surface area (Å²) in [5.41, 5.74) is -3.41. The zero-order valence-electron chi connectivity index (χ0n) is 15.2. The number of hydrogen-bond donors (Lipinski definition) is 1. The molecule has 13 heteroatoms. The predicted molar refractivity (Wildman–Crippen MR) is 92.5 cm³/mol. The molecule has 1 N–H and O–H groups in total. The average molecular weight is 470 g/mol. The van der Waals surface area contributed by atoms with Crippen molar-refractivity contribution >= 4 is 9.84 Å². The van der Waals surface area contributed by atoms with Crippen molar-refractivity contribution in [2.45, 2.75) is 17.2 Å². The van der Waals surface area contributed by atoms with Crippen molar-refractivity contribution in [2.24, 2.45) is 0 Å². The van der Waals surface area contributed by atoms with Crippen LogP contribution in [0.25, 0.3) is 22.5 Å². The molecule has 3 aromatic rings. The Hall–Kier alpha value is -2.96. The molecule has 0 aliphatic heterocycles. The standard InChI is InChI=1S/C18H10F8N2O2S/c1-31(29,30)13-7-11(19)10(6-12(13)20)15-14(27-16(28-15)18(24,25)26)8-2-4-9(5-3-8)17(21,22)23/h2-7H,1H3,(H,27,28). The molecule has 0 saturated carbocycles. The first-order valence-corrected chi connectivity index (χ1v) is 10.0.